The molecule has 2 amide bonds. The van der Waals surface area contributed by atoms with Gasteiger partial charge in [0.05, 0.1) is 18.5 Å². The molecule has 1 aromatic heterocycles. The first-order chi connectivity index (χ1) is 14.6. The zero-order chi connectivity index (χ0) is 21.1. The largest absolute Gasteiger partial charge is 0.495 e. The van der Waals surface area contributed by atoms with Crippen molar-refractivity contribution < 1.29 is 14.3 Å². The van der Waals surface area contributed by atoms with Crippen LogP contribution in [-0.4, -0.2) is 42.5 Å². The Bertz CT molecular complexity index is 973. The average molecular weight is 428 g/mol. The lowest BCUT2D eigenvalue weighted by atomic mass is 10.1. The molecular formula is C21H25N5O3S. The van der Waals surface area contributed by atoms with Crippen LogP contribution >= 0.6 is 11.3 Å². The summed E-state index contributed by atoms with van der Waals surface area (Å²) in [7, 11) is 1.58. The Kier molecular flexibility index (Phi) is 5.89. The summed E-state index contributed by atoms with van der Waals surface area (Å²) in [5.74, 6) is 1.46. The number of hydrogen-bond acceptors (Lipinski definition) is 7. The van der Waals surface area contributed by atoms with Gasteiger partial charge in [-0.2, -0.15) is 5.10 Å². The van der Waals surface area contributed by atoms with E-state index in [2.05, 4.69) is 27.7 Å². The van der Waals surface area contributed by atoms with Crippen molar-refractivity contribution in [2.75, 3.05) is 23.9 Å². The van der Waals surface area contributed by atoms with E-state index in [1.165, 1.54) is 11.3 Å². The van der Waals surface area contributed by atoms with Gasteiger partial charge in [0.15, 0.2) is 0 Å². The SMILES string of the molecule is CCCN1C(=O)c2sccc2N2C(CCCC(=O)Nc3ccccc3OC)=NNC12. The lowest BCUT2D eigenvalue weighted by Gasteiger charge is -2.39. The van der Waals surface area contributed by atoms with Crippen molar-refractivity contribution in [2.24, 2.45) is 5.10 Å². The number of para-hydroxylation sites is 2. The lowest BCUT2D eigenvalue weighted by molar-refractivity contribution is -0.116. The minimum atomic E-state index is -0.294. The van der Waals surface area contributed by atoms with E-state index in [4.69, 9.17) is 4.74 Å². The van der Waals surface area contributed by atoms with E-state index >= 15 is 0 Å². The smallest absolute Gasteiger partial charge is 0.269 e. The highest BCUT2D eigenvalue weighted by Crippen LogP contribution is 2.37. The molecule has 1 aromatic carbocycles. The third-order valence-corrected chi connectivity index (χ3v) is 6.03. The van der Waals surface area contributed by atoms with Crippen molar-refractivity contribution in [1.29, 1.82) is 0 Å². The fourth-order valence-electron chi connectivity index (χ4n) is 3.77. The Hall–Kier alpha value is -3.07. The average Bonchev–Trinajstić information content (AvgIpc) is 3.39. The van der Waals surface area contributed by atoms with E-state index in [0.29, 0.717) is 37.2 Å². The molecule has 2 N–H and O–H groups in total. The number of thiophene rings is 1. The Labute approximate surface area is 179 Å². The molecule has 1 unspecified atom stereocenters. The molecule has 0 bridgehead atoms. The molecule has 8 nitrogen and oxygen atoms in total. The first kappa shape index (κ1) is 20.2. The first-order valence-corrected chi connectivity index (χ1v) is 10.9. The molecule has 0 aliphatic carbocycles. The number of methoxy groups -OCH3 is 1. The fourth-order valence-corrected chi connectivity index (χ4v) is 4.61. The van der Waals surface area contributed by atoms with Crippen LogP contribution in [0.1, 0.15) is 42.3 Å². The van der Waals surface area contributed by atoms with Gasteiger partial charge in [-0.05, 0) is 36.4 Å². The van der Waals surface area contributed by atoms with Crippen LogP contribution in [0.4, 0.5) is 11.4 Å². The van der Waals surface area contributed by atoms with Crippen LogP contribution in [0.2, 0.25) is 0 Å². The summed E-state index contributed by atoms with van der Waals surface area (Å²) in [5.41, 5.74) is 4.66. The maximum atomic E-state index is 12.8. The number of ether oxygens (including phenoxy) is 1. The van der Waals surface area contributed by atoms with Gasteiger partial charge < -0.3 is 10.1 Å². The number of rotatable bonds is 8. The van der Waals surface area contributed by atoms with Gasteiger partial charge in [-0.1, -0.05) is 19.1 Å². The van der Waals surface area contributed by atoms with Gasteiger partial charge in [0.25, 0.3) is 5.91 Å². The first-order valence-electron chi connectivity index (χ1n) is 10.1. The molecule has 0 fully saturated rings. The van der Waals surface area contributed by atoms with Crippen LogP contribution in [0.3, 0.4) is 0 Å². The van der Waals surface area contributed by atoms with Gasteiger partial charge in [0.1, 0.15) is 16.5 Å². The Balaban J connectivity index is 1.39. The number of carbonyl (C=O) groups excluding carboxylic acids is 2. The Morgan fingerprint density at radius 2 is 2.17 bits per heavy atom. The number of nitrogens with one attached hydrogen (secondary N) is 2. The van der Waals surface area contributed by atoms with Gasteiger partial charge in [0, 0.05) is 19.4 Å². The lowest BCUT2D eigenvalue weighted by Crippen LogP contribution is -2.58. The number of nitrogens with zero attached hydrogens (tertiary/aromatic N) is 3. The molecule has 1 atom stereocenters. The molecule has 158 valence electrons. The summed E-state index contributed by atoms with van der Waals surface area (Å²) in [6, 6.07) is 9.31. The molecule has 0 spiro atoms. The molecule has 0 saturated carbocycles. The van der Waals surface area contributed by atoms with E-state index in [1.54, 1.807) is 7.11 Å². The van der Waals surface area contributed by atoms with Crippen LogP contribution in [0, 0.1) is 0 Å². The molecule has 2 aliphatic rings. The van der Waals surface area contributed by atoms with Gasteiger partial charge in [-0.3, -0.25) is 24.8 Å². The minimum Gasteiger partial charge on any atom is -0.495 e. The summed E-state index contributed by atoms with van der Waals surface area (Å²) in [4.78, 5) is 29.8. The van der Waals surface area contributed by atoms with Gasteiger partial charge in [0.2, 0.25) is 12.2 Å². The predicted molar refractivity (Wildman–Crippen MR) is 118 cm³/mol. The molecular weight excluding hydrogens is 402 g/mol. The number of fused-ring (bicyclic) bond motifs is 3. The molecule has 4 rings (SSSR count). The number of carbonyl (C=O) groups is 2. The number of amidine groups is 1. The van der Waals surface area contributed by atoms with Crippen LogP contribution in [0.5, 0.6) is 5.75 Å². The summed E-state index contributed by atoms with van der Waals surface area (Å²) >= 11 is 1.46. The second kappa shape index (κ2) is 8.74. The third-order valence-electron chi connectivity index (χ3n) is 5.14. The molecule has 3 heterocycles. The molecule has 2 aliphatic heterocycles. The molecule has 9 heteroatoms. The normalized spacial score (nSPS) is 17.2. The topological polar surface area (TPSA) is 86.3 Å². The predicted octanol–water partition coefficient (Wildman–Crippen LogP) is 3.44. The van der Waals surface area contributed by atoms with Crippen LogP contribution in [0.25, 0.3) is 0 Å². The highest BCUT2D eigenvalue weighted by molar-refractivity contribution is 7.12. The van der Waals surface area contributed by atoms with Crippen molar-refractivity contribution >= 4 is 40.4 Å². The maximum Gasteiger partial charge on any atom is 0.269 e. The number of hydrogen-bond donors (Lipinski definition) is 2. The van der Waals surface area contributed by atoms with Gasteiger partial charge >= 0.3 is 0 Å². The van der Waals surface area contributed by atoms with E-state index in [0.717, 1.165) is 22.8 Å². The Morgan fingerprint density at radius 1 is 1.33 bits per heavy atom. The zero-order valence-corrected chi connectivity index (χ0v) is 17.9. The van der Waals surface area contributed by atoms with Gasteiger partial charge in [-0.15, -0.1) is 11.3 Å². The number of amides is 2. The highest BCUT2D eigenvalue weighted by Gasteiger charge is 2.42. The van der Waals surface area contributed by atoms with Crippen molar-refractivity contribution in [3.63, 3.8) is 0 Å². The van der Waals surface area contributed by atoms with Crippen molar-refractivity contribution in [3.05, 3.63) is 40.6 Å². The van der Waals surface area contributed by atoms with E-state index in [9.17, 15) is 9.59 Å². The third kappa shape index (κ3) is 3.72. The number of hydrazone groups is 1. The maximum absolute atomic E-state index is 12.8. The monoisotopic (exact) mass is 427 g/mol. The second-order valence-electron chi connectivity index (χ2n) is 7.14. The summed E-state index contributed by atoms with van der Waals surface area (Å²) in [6.07, 6.45) is 2.22. The fraction of sp³-hybridized carbons (Fsp3) is 0.381. The molecule has 0 saturated heterocycles. The van der Waals surface area contributed by atoms with Crippen molar-refractivity contribution in [3.8, 4) is 5.75 Å². The summed E-state index contributed by atoms with van der Waals surface area (Å²) < 4.78 is 5.28. The number of anilines is 2. The molecule has 30 heavy (non-hydrogen) atoms. The van der Waals surface area contributed by atoms with E-state index in [1.807, 2.05) is 40.6 Å². The van der Waals surface area contributed by atoms with Crippen LogP contribution < -0.4 is 20.4 Å². The molecule has 0 radical (unpaired) electrons. The summed E-state index contributed by atoms with van der Waals surface area (Å²) in [5, 5.41) is 9.32. The van der Waals surface area contributed by atoms with Crippen molar-refractivity contribution in [2.45, 2.75) is 38.9 Å². The zero-order valence-electron chi connectivity index (χ0n) is 17.1. The molecule has 2 aromatic rings. The van der Waals surface area contributed by atoms with Gasteiger partial charge in [-0.25, -0.2) is 0 Å². The standard InChI is InChI=1S/C21H25N5O3S/c1-3-12-25-20(28)19-15(11-13-30-19)26-17(23-24-21(25)26)9-6-10-18(27)22-14-7-4-5-8-16(14)29-2/h4-5,7-8,11,13,21,24H,3,6,9-10,12H2,1-2H3,(H,22,27). The minimum absolute atomic E-state index is 0.0447. The Morgan fingerprint density at radius 3 is 2.97 bits per heavy atom. The second-order valence-corrected chi connectivity index (χ2v) is 8.05. The van der Waals surface area contributed by atoms with Crippen molar-refractivity contribution in [1.82, 2.24) is 10.3 Å². The number of benzene rings is 1. The summed E-state index contributed by atoms with van der Waals surface area (Å²) in [6.45, 7) is 2.72. The van der Waals surface area contributed by atoms with Crippen LogP contribution in [0.15, 0.2) is 40.8 Å². The highest BCUT2D eigenvalue weighted by atomic mass is 32.1. The quantitative estimate of drug-likeness (QED) is 0.674. The van der Waals surface area contributed by atoms with Crippen LogP contribution in [-0.2, 0) is 4.79 Å². The van der Waals surface area contributed by atoms with E-state index in [-0.39, 0.29) is 18.1 Å². The van der Waals surface area contributed by atoms with E-state index < -0.39 is 0 Å².